The summed E-state index contributed by atoms with van der Waals surface area (Å²) >= 11 is 1.67. The Kier molecular flexibility index (Phi) is 3.72. The lowest BCUT2D eigenvalue weighted by Crippen LogP contribution is -2.38. The van der Waals surface area contributed by atoms with E-state index in [1.165, 1.54) is 18.5 Å². The normalized spacial score (nSPS) is 18.3. The average molecular weight is 225 g/mol. The fraction of sp³-hybridized carbons (Fsp3) is 0.727. The number of likely N-dealkylation sites (N-methyl/N-ethyl adjacent to an activating group) is 1. The van der Waals surface area contributed by atoms with Crippen molar-refractivity contribution in [2.24, 2.45) is 0 Å². The lowest BCUT2D eigenvalue weighted by atomic mass is 10.3. The van der Waals surface area contributed by atoms with Gasteiger partial charge in [0.1, 0.15) is 0 Å². The summed E-state index contributed by atoms with van der Waals surface area (Å²) in [6.45, 7) is 4.31. The quantitative estimate of drug-likeness (QED) is 0.799. The second-order valence-corrected chi connectivity index (χ2v) is 5.15. The molecule has 2 rings (SSSR count). The highest BCUT2D eigenvalue weighted by molar-refractivity contribution is 7.07. The molecule has 0 bridgehead atoms. The van der Waals surface area contributed by atoms with Crippen molar-refractivity contribution in [2.45, 2.75) is 38.4 Å². The van der Waals surface area contributed by atoms with Crippen LogP contribution in [0.4, 0.5) is 0 Å². The number of nitrogens with zero attached hydrogens (tertiary/aromatic N) is 2. The van der Waals surface area contributed by atoms with Crippen LogP contribution in [0.5, 0.6) is 0 Å². The maximum absolute atomic E-state index is 4.30. The van der Waals surface area contributed by atoms with Gasteiger partial charge in [0.2, 0.25) is 0 Å². The fourth-order valence-electron chi connectivity index (χ4n) is 1.51. The number of hydrogen-bond donors (Lipinski definition) is 1. The van der Waals surface area contributed by atoms with Gasteiger partial charge in [-0.2, -0.15) is 0 Å². The lowest BCUT2D eigenvalue weighted by Gasteiger charge is -2.24. The minimum Gasteiger partial charge on any atom is -0.312 e. The first-order chi connectivity index (χ1) is 7.25. The van der Waals surface area contributed by atoms with Gasteiger partial charge in [-0.3, -0.25) is 4.90 Å². The van der Waals surface area contributed by atoms with Crippen LogP contribution in [0.3, 0.4) is 0 Å². The Morgan fingerprint density at radius 2 is 2.47 bits per heavy atom. The third-order valence-corrected chi connectivity index (χ3v) is 3.56. The first-order valence-electron chi connectivity index (χ1n) is 5.56. The highest BCUT2D eigenvalue weighted by Gasteiger charge is 2.21. The Bertz CT molecular complexity index is 282. The lowest BCUT2D eigenvalue weighted by molar-refractivity contribution is 0.240. The van der Waals surface area contributed by atoms with Crippen molar-refractivity contribution in [1.82, 2.24) is 15.2 Å². The topological polar surface area (TPSA) is 28.2 Å². The van der Waals surface area contributed by atoms with Crippen molar-refractivity contribution in [3.63, 3.8) is 0 Å². The van der Waals surface area contributed by atoms with E-state index in [9.17, 15) is 0 Å². The standard InChI is InChI=1S/C11H19N3S/c1-9(5-12-10-3-4-10)14(2)6-11-7-15-8-13-11/h7-10,12H,3-6H2,1-2H3. The first-order valence-corrected chi connectivity index (χ1v) is 6.50. The van der Waals surface area contributed by atoms with Crippen molar-refractivity contribution in [3.05, 3.63) is 16.6 Å². The Hall–Kier alpha value is -0.450. The van der Waals surface area contributed by atoms with Crippen LogP contribution in [0.1, 0.15) is 25.5 Å². The van der Waals surface area contributed by atoms with Crippen molar-refractivity contribution >= 4 is 11.3 Å². The Labute approximate surface area is 95.5 Å². The van der Waals surface area contributed by atoms with Gasteiger partial charge in [0.25, 0.3) is 0 Å². The monoisotopic (exact) mass is 225 g/mol. The summed E-state index contributed by atoms with van der Waals surface area (Å²) in [5.41, 5.74) is 3.08. The van der Waals surface area contributed by atoms with Crippen LogP contribution in [-0.4, -0.2) is 35.6 Å². The molecular weight excluding hydrogens is 206 g/mol. The predicted octanol–water partition coefficient (Wildman–Crippen LogP) is 1.72. The number of rotatable bonds is 6. The van der Waals surface area contributed by atoms with E-state index in [0.717, 1.165) is 19.1 Å². The molecule has 4 heteroatoms. The van der Waals surface area contributed by atoms with Crippen LogP contribution in [0.2, 0.25) is 0 Å². The highest BCUT2D eigenvalue weighted by atomic mass is 32.1. The van der Waals surface area contributed by atoms with Crippen molar-refractivity contribution in [1.29, 1.82) is 0 Å². The zero-order chi connectivity index (χ0) is 10.7. The Morgan fingerprint density at radius 3 is 3.07 bits per heavy atom. The molecule has 1 aromatic rings. The van der Waals surface area contributed by atoms with Gasteiger partial charge in [-0.1, -0.05) is 0 Å². The van der Waals surface area contributed by atoms with E-state index in [4.69, 9.17) is 0 Å². The van der Waals surface area contributed by atoms with Crippen LogP contribution < -0.4 is 5.32 Å². The zero-order valence-electron chi connectivity index (χ0n) is 9.44. The van der Waals surface area contributed by atoms with Gasteiger partial charge in [-0.05, 0) is 26.8 Å². The van der Waals surface area contributed by atoms with E-state index < -0.39 is 0 Å². The molecule has 1 saturated carbocycles. The average Bonchev–Trinajstić information content (AvgIpc) is 2.92. The molecular formula is C11H19N3S. The van der Waals surface area contributed by atoms with Gasteiger partial charge >= 0.3 is 0 Å². The third kappa shape index (κ3) is 3.55. The summed E-state index contributed by atoms with van der Waals surface area (Å²) in [6.07, 6.45) is 2.73. The summed E-state index contributed by atoms with van der Waals surface area (Å²) < 4.78 is 0. The molecule has 0 saturated heterocycles. The molecule has 1 N–H and O–H groups in total. The van der Waals surface area contributed by atoms with Gasteiger partial charge in [0.05, 0.1) is 11.2 Å². The number of hydrogen-bond acceptors (Lipinski definition) is 4. The summed E-state index contributed by atoms with van der Waals surface area (Å²) in [5.74, 6) is 0. The molecule has 0 spiro atoms. The summed E-state index contributed by atoms with van der Waals surface area (Å²) in [7, 11) is 2.17. The van der Waals surface area contributed by atoms with Crippen LogP contribution >= 0.6 is 11.3 Å². The maximum atomic E-state index is 4.30. The maximum Gasteiger partial charge on any atom is 0.0795 e. The van der Waals surface area contributed by atoms with Crippen LogP contribution in [-0.2, 0) is 6.54 Å². The van der Waals surface area contributed by atoms with E-state index in [2.05, 4.69) is 34.6 Å². The SMILES string of the molecule is CC(CNC1CC1)N(C)Cc1cscn1. The molecule has 1 aliphatic rings. The van der Waals surface area contributed by atoms with Crippen LogP contribution in [0, 0.1) is 0 Å². The predicted molar refractivity (Wildman–Crippen MR) is 64.1 cm³/mol. The molecule has 1 aromatic heterocycles. The molecule has 0 radical (unpaired) electrons. The molecule has 3 nitrogen and oxygen atoms in total. The highest BCUT2D eigenvalue weighted by Crippen LogP contribution is 2.18. The second kappa shape index (κ2) is 5.05. The summed E-state index contributed by atoms with van der Waals surface area (Å²) in [6, 6.07) is 1.38. The Morgan fingerprint density at radius 1 is 1.67 bits per heavy atom. The zero-order valence-corrected chi connectivity index (χ0v) is 10.3. The minimum absolute atomic E-state index is 0.576. The molecule has 0 amide bonds. The Balaban J connectivity index is 1.71. The van der Waals surface area contributed by atoms with Crippen molar-refractivity contribution < 1.29 is 0 Å². The molecule has 15 heavy (non-hydrogen) atoms. The van der Waals surface area contributed by atoms with Crippen molar-refractivity contribution in [2.75, 3.05) is 13.6 Å². The first kappa shape index (κ1) is 11.0. The van der Waals surface area contributed by atoms with Crippen LogP contribution in [0.15, 0.2) is 10.9 Å². The number of aromatic nitrogens is 1. The van der Waals surface area contributed by atoms with Gasteiger partial charge in [0, 0.05) is 30.6 Å². The summed E-state index contributed by atoms with van der Waals surface area (Å²) in [5, 5.41) is 5.68. The minimum atomic E-state index is 0.576. The van der Waals surface area contributed by atoms with E-state index >= 15 is 0 Å². The van der Waals surface area contributed by atoms with E-state index in [0.29, 0.717) is 6.04 Å². The molecule has 0 aliphatic heterocycles. The molecule has 1 unspecified atom stereocenters. The molecule has 84 valence electrons. The molecule has 1 atom stereocenters. The van der Waals surface area contributed by atoms with Gasteiger partial charge in [0.15, 0.2) is 0 Å². The van der Waals surface area contributed by atoms with E-state index in [1.54, 1.807) is 11.3 Å². The third-order valence-electron chi connectivity index (χ3n) is 2.93. The van der Waals surface area contributed by atoms with Gasteiger partial charge in [-0.15, -0.1) is 11.3 Å². The molecule has 1 aliphatic carbocycles. The van der Waals surface area contributed by atoms with Crippen molar-refractivity contribution in [3.8, 4) is 0 Å². The largest absolute Gasteiger partial charge is 0.312 e. The van der Waals surface area contributed by atoms with Gasteiger partial charge in [-0.25, -0.2) is 4.98 Å². The number of nitrogens with one attached hydrogen (secondary N) is 1. The second-order valence-electron chi connectivity index (χ2n) is 4.43. The smallest absolute Gasteiger partial charge is 0.0795 e. The summed E-state index contributed by atoms with van der Waals surface area (Å²) in [4.78, 5) is 6.65. The number of thiazole rings is 1. The molecule has 1 heterocycles. The van der Waals surface area contributed by atoms with Gasteiger partial charge < -0.3 is 5.32 Å². The molecule has 0 aromatic carbocycles. The van der Waals surface area contributed by atoms with Crippen LogP contribution in [0.25, 0.3) is 0 Å². The fourth-order valence-corrected chi connectivity index (χ4v) is 2.06. The van der Waals surface area contributed by atoms with E-state index in [-0.39, 0.29) is 0 Å². The molecule has 1 fully saturated rings. The van der Waals surface area contributed by atoms with E-state index in [1.807, 2.05) is 5.51 Å².